The average molecular weight is 420 g/mol. The van der Waals surface area contributed by atoms with Gasteiger partial charge >= 0.3 is 6.03 Å². The SMILES string of the molecule is Cc1cccc([C@H]2c3cccn3-c3sc4c(c3CN2C(=O)NC(C)C)CCCC4)c1. The van der Waals surface area contributed by atoms with Crippen molar-refractivity contribution in [1.29, 1.82) is 0 Å². The van der Waals surface area contributed by atoms with Crippen LogP contribution in [0.15, 0.2) is 42.6 Å². The molecule has 0 fully saturated rings. The Morgan fingerprint density at radius 2 is 1.97 bits per heavy atom. The van der Waals surface area contributed by atoms with E-state index < -0.39 is 0 Å². The predicted molar refractivity (Wildman–Crippen MR) is 123 cm³/mol. The van der Waals surface area contributed by atoms with Crippen LogP contribution >= 0.6 is 11.3 Å². The fourth-order valence-corrected chi connectivity index (χ4v) is 6.31. The van der Waals surface area contributed by atoms with Crippen molar-refractivity contribution < 1.29 is 4.79 Å². The summed E-state index contributed by atoms with van der Waals surface area (Å²) in [6.07, 6.45) is 6.99. The summed E-state index contributed by atoms with van der Waals surface area (Å²) < 4.78 is 2.34. The first-order valence-electron chi connectivity index (χ1n) is 11.0. The van der Waals surface area contributed by atoms with Crippen LogP contribution < -0.4 is 5.32 Å². The van der Waals surface area contributed by atoms with Crippen LogP contribution in [0.1, 0.15) is 65.6 Å². The number of benzene rings is 1. The third-order valence-electron chi connectivity index (χ3n) is 6.21. The number of urea groups is 1. The summed E-state index contributed by atoms with van der Waals surface area (Å²) in [5.41, 5.74) is 6.38. The number of nitrogens with one attached hydrogen (secondary N) is 1. The minimum atomic E-state index is -0.113. The molecule has 0 saturated heterocycles. The quantitative estimate of drug-likeness (QED) is 0.564. The lowest BCUT2D eigenvalue weighted by Crippen LogP contribution is -2.44. The molecule has 5 rings (SSSR count). The van der Waals surface area contributed by atoms with Gasteiger partial charge in [0.25, 0.3) is 0 Å². The summed E-state index contributed by atoms with van der Waals surface area (Å²) in [5, 5.41) is 4.47. The van der Waals surface area contributed by atoms with Crippen LogP contribution in [0.3, 0.4) is 0 Å². The van der Waals surface area contributed by atoms with Crippen molar-refractivity contribution in [2.75, 3.05) is 0 Å². The predicted octanol–water partition coefficient (Wildman–Crippen LogP) is 5.75. The van der Waals surface area contributed by atoms with E-state index in [1.165, 1.54) is 45.8 Å². The van der Waals surface area contributed by atoms with Gasteiger partial charge in [0.15, 0.2) is 0 Å². The van der Waals surface area contributed by atoms with Crippen LogP contribution in [0, 0.1) is 6.92 Å². The number of carbonyl (C=O) groups is 1. The zero-order valence-corrected chi connectivity index (χ0v) is 18.8. The van der Waals surface area contributed by atoms with Crippen molar-refractivity contribution in [2.45, 2.75) is 65.1 Å². The number of hydrogen-bond donors (Lipinski definition) is 1. The monoisotopic (exact) mass is 419 g/mol. The Morgan fingerprint density at radius 1 is 1.13 bits per heavy atom. The summed E-state index contributed by atoms with van der Waals surface area (Å²) in [7, 11) is 0. The molecule has 0 spiro atoms. The zero-order valence-electron chi connectivity index (χ0n) is 17.9. The fourth-order valence-electron chi connectivity index (χ4n) is 4.91. The number of aryl methyl sites for hydroxylation is 2. The maximum Gasteiger partial charge on any atom is 0.318 e. The van der Waals surface area contributed by atoms with Crippen LogP contribution in [0.5, 0.6) is 0 Å². The van der Waals surface area contributed by atoms with Crippen molar-refractivity contribution in [3.05, 3.63) is 75.4 Å². The van der Waals surface area contributed by atoms with Crippen LogP contribution in [-0.2, 0) is 19.4 Å². The first-order chi connectivity index (χ1) is 14.5. The summed E-state index contributed by atoms with van der Waals surface area (Å²) >= 11 is 1.93. The molecule has 1 aliphatic heterocycles. The van der Waals surface area contributed by atoms with Crippen molar-refractivity contribution in [2.24, 2.45) is 0 Å². The molecule has 1 N–H and O–H groups in total. The van der Waals surface area contributed by atoms with E-state index in [1.54, 1.807) is 0 Å². The van der Waals surface area contributed by atoms with Crippen LogP contribution in [0.4, 0.5) is 4.79 Å². The van der Waals surface area contributed by atoms with Gasteiger partial charge in [-0.2, -0.15) is 0 Å². The van der Waals surface area contributed by atoms with Gasteiger partial charge in [0, 0.05) is 22.7 Å². The van der Waals surface area contributed by atoms with Gasteiger partial charge in [-0.1, -0.05) is 29.8 Å². The normalized spacial score (nSPS) is 17.9. The van der Waals surface area contributed by atoms with E-state index in [2.05, 4.69) is 59.4 Å². The Morgan fingerprint density at radius 3 is 2.77 bits per heavy atom. The number of hydrogen-bond acceptors (Lipinski definition) is 2. The van der Waals surface area contributed by atoms with E-state index in [-0.39, 0.29) is 18.1 Å². The largest absolute Gasteiger partial charge is 0.336 e. The summed E-state index contributed by atoms with van der Waals surface area (Å²) in [6, 6.07) is 12.9. The fraction of sp³-hybridized carbons (Fsp3) is 0.400. The lowest BCUT2D eigenvalue weighted by molar-refractivity contribution is 0.178. The molecule has 1 aromatic carbocycles. The molecule has 4 nitrogen and oxygen atoms in total. The number of aromatic nitrogens is 1. The lowest BCUT2D eigenvalue weighted by atomic mass is 9.95. The molecule has 1 aliphatic carbocycles. The smallest absolute Gasteiger partial charge is 0.318 e. The van der Waals surface area contributed by atoms with E-state index in [9.17, 15) is 4.79 Å². The molecule has 2 aliphatic rings. The average Bonchev–Trinajstić information content (AvgIpc) is 3.29. The summed E-state index contributed by atoms with van der Waals surface area (Å²) in [5.74, 6) is 0. The molecule has 3 heterocycles. The van der Waals surface area contributed by atoms with E-state index in [4.69, 9.17) is 0 Å². The molecular formula is C25H29N3OS. The number of amides is 2. The highest BCUT2D eigenvalue weighted by Gasteiger charge is 2.36. The van der Waals surface area contributed by atoms with Crippen molar-refractivity contribution in [1.82, 2.24) is 14.8 Å². The second kappa shape index (κ2) is 7.62. The first kappa shape index (κ1) is 19.4. The second-order valence-corrected chi connectivity index (χ2v) is 9.93. The Balaban J connectivity index is 1.71. The second-order valence-electron chi connectivity index (χ2n) is 8.85. The van der Waals surface area contributed by atoms with Gasteiger partial charge in [0.1, 0.15) is 5.00 Å². The molecule has 0 unspecified atom stereocenters. The molecule has 0 saturated carbocycles. The number of rotatable bonds is 2. The number of carbonyl (C=O) groups excluding carboxylic acids is 1. The maximum absolute atomic E-state index is 13.5. The Labute approximate surface area is 182 Å². The van der Waals surface area contributed by atoms with Gasteiger partial charge in [-0.05, 0) is 69.7 Å². The van der Waals surface area contributed by atoms with Gasteiger partial charge in [-0.25, -0.2) is 4.79 Å². The van der Waals surface area contributed by atoms with Crippen molar-refractivity contribution >= 4 is 17.4 Å². The number of fused-ring (bicyclic) bond motifs is 5. The van der Waals surface area contributed by atoms with Crippen LogP contribution in [-0.4, -0.2) is 21.5 Å². The highest BCUT2D eigenvalue weighted by Crippen LogP contribution is 2.44. The Hall–Kier alpha value is -2.53. The van der Waals surface area contributed by atoms with Gasteiger partial charge in [0.05, 0.1) is 18.3 Å². The first-order valence-corrected chi connectivity index (χ1v) is 11.8. The molecule has 2 amide bonds. The van der Waals surface area contributed by atoms with Crippen LogP contribution in [0.2, 0.25) is 0 Å². The Kier molecular flexibility index (Phi) is 4.94. The zero-order chi connectivity index (χ0) is 20.8. The van der Waals surface area contributed by atoms with Crippen molar-refractivity contribution in [3.63, 3.8) is 0 Å². The van der Waals surface area contributed by atoms with Crippen molar-refractivity contribution in [3.8, 4) is 5.00 Å². The molecule has 3 aromatic rings. The highest BCUT2D eigenvalue weighted by molar-refractivity contribution is 7.15. The Bertz CT molecular complexity index is 1090. The van der Waals surface area contributed by atoms with E-state index in [0.29, 0.717) is 6.54 Å². The molecule has 0 bridgehead atoms. The van der Waals surface area contributed by atoms with Gasteiger partial charge in [-0.3, -0.25) is 0 Å². The minimum Gasteiger partial charge on any atom is -0.336 e. The number of nitrogens with zero attached hydrogens (tertiary/aromatic N) is 2. The molecule has 2 aromatic heterocycles. The lowest BCUT2D eigenvalue weighted by Gasteiger charge is -2.32. The maximum atomic E-state index is 13.5. The summed E-state index contributed by atoms with van der Waals surface area (Å²) in [4.78, 5) is 17.0. The molecular weight excluding hydrogens is 390 g/mol. The van der Waals surface area contributed by atoms with E-state index in [0.717, 1.165) is 17.7 Å². The highest BCUT2D eigenvalue weighted by atomic mass is 32.1. The van der Waals surface area contributed by atoms with Crippen LogP contribution in [0.25, 0.3) is 5.00 Å². The molecule has 30 heavy (non-hydrogen) atoms. The standard InChI is InChI=1S/C25H29N3OS/c1-16(2)26-25(29)28-15-20-19-10-4-5-12-22(19)30-24(20)27-13-7-11-21(27)23(28)18-9-6-8-17(3)14-18/h6-9,11,13-14,16,23H,4-5,10,12,15H2,1-3H3,(H,26,29)/t23-/m0/s1. The van der Waals surface area contributed by atoms with Gasteiger partial charge in [0.2, 0.25) is 0 Å². The molecule has 0 radical (unpaired) electrons. The molecule has 5 heteroatoms. The van der Waals surface area contributed by atoms with Gasteiger partial charge < -0.3 is 14.8 Å². The third-order valence-corrected chi connectivity index (χ3v) is 7.54. The minimum absolute atomic E-state index is 0.00728. The number of thiophene rings is 1. The van der Waals surface area contributed by atoms with Gasteiger partial charge in [-0.15, -0.1) is 11.3 Å². The third kappa shape index (κ3) is 3.25. The topological polar surface area (TPSA) is 37.3 Å². The van der Waals surface area contributed by atoms with E-state index >= 15 is 0 Å². The summed E-state index contributed by atoms with van der Waals surface area (Å²) in [6.45, 7) is 6.82. The van der Waals surface area contributed by atoms with E-state index in [1.807, 2.05) is 30.1 Å². The molecule has 156 valence electrons. The molecule has 1 atom stereocenters.